The van der Waals surface area contributed by atoms with Crippen LogP contribution >= 0.6 is 15.9 Å². The zero-order valence-electron chi connectivity index (χ0n) is 12.3. The van der Waals surface area contributed by atoms with Crippen LogP contribution in [0.25, 0.3) is 10.8 Å². The first-order chi connectivity index (χ1) is 10.2. The molecule has 2 nitrogen and oxygen atoms in total. The Balaban J connectivity index is 1.85. The average Bonchev–Trinajstić information content (AvgIpc) is 2.53. The molecule has 21 heavy (non-hydrogen) atoms. The lowest BCUT2D eigenvalue weighted by Crippen LogP contribution is -2.44. The molecule has 1 amide bonds. The second-order valence-electron chi connectivity index (χ2n) is 5.85. The SMILES string of the molecule is CN(C(=O)c1ccc2ccccc2c1)C1CCCCC1Br. The Labute approximate surface area is 134 Å². The number of hydrogen-bond acceptors (Lipinski definition) is 1. The maximum atomic E-state index is 12.7. The molecule has 2 aromatic carbocycles. The van der Waals surface area contributed by atoms with Gasteiger partial charge in [0, 0.05) is 23.5 Å². The molecule has 0 aliphatic heterocycles. The van der Waals surface area contributed by atoms with Crippen molar-refractivity contribution >= 4 is 32.6 Å². The lowest BCUT2D eigenvalue weighted by Gasteiger charge is -2.35. The smallest absolute Gasteiger partial charge is 0.253 e. The Kier molecular flexibility index (Phi) is 4.29. The molecule has 1 aliphatic carbocycles. The van der Waals surface area contributed by atoms with E-state index in [2.05, 4.69) is 28.1 Å². The molecule has 0 saturated heterocycles. The number of carbonyl (C=O) groups excluding carboxylic acids is 1. The molecule has 0 heterocycles. The summed E-state index contributed by atoms with van der Waals surface area (Å²) >= 11 is 3.74. The lowest BCUT2D eigenvalue weighted by atomic mass is 9.94. The van der Waals surface area contributed by atoms with Gasteiger partial charge in [0.25, 0.3) is 5.91 Å². The standard InChI is InChI=1S/C18H20BrNO/c1-20(17-9-5-4-8-16(17)19)18(21)15-11-10-13-6-2-3-7-14(13)12-15/h2-3,6-7,10-12,16-17H,4-5,8-9H2,1H3. The third-order valence-electron chi connectivity index (χ3n) is 4.46. The molecule has 0 radical (unpaired) electrons. The van der Waals surface area contributed by atoms with Gasteiger partial charge >= 0.3 is 0 Å². The predicted molar refractivity (Wildman–Crippen MR) is 91.0 cm³/mol. The van der Waals surface area contributed by atoms with Gasteiger partial charge < -0.3 is 4.90 Å². The van der Waals surface area contributed by atoms with Crippen molar-refractivity contribution < 1.29 is 4.79 Å². The Bertz CT molecular complexity index is 654. The molecule has 1 fully saturated rings. The van der Waals surface area contributed by atoms with Crippen LogP contribution in [0.15, 0.2) is 42.5 Å². The van der Waals surface area contributed by atoms with Crippen LogP contribution in [0.3, 0.4) is 0 Å². The van der Waals surface area contributed by atoms with E-state index >= 15 is 0 Å². The number of amides is 1. The molecule has 2 aromatic rings. The summed E-state index contributed by atoms with van der Waals surface area (Å²) in [7, 11) is 1.93. The number of fused-ring (bicyclic) bond motifs is 1. The van der Waals surface area contributed by atoms with Crippen LogP contribution in [0.1, 0.15) is 36.0 Å². The minimum absolute atomic E-state index is 0.122. The lowest BCUT2D eigenvalue weighted by molar-refractivity contribution is 0.0705. The molecule has 0 aromatic heterocycles. The molecule has 3 rings (SSSR count). The van der Waals surface area contributed by atoms with Crippen LogP contribution in [0.4, 0.5) is 0 Å². The quantitative estimate of drug-likeness (QED) is 0.727. The number of hydrogen-bond donors (Lipinski definition) is 0. The fraction of sp³-hybridized carbons (Fsp3) is 0.389. The maximum absolute atomic E-state index is 12.7. The predicted octanol–water partition coefficient (Wildman–Crippen LogP) is 4.62. The van der Waals surface area contributed by atoms with Crippen molar-refractivity contribution in [3.05, 3.63) is 48.0 Å². The van der Waals surface area contributed by atoms with E-state index in [0.717, 1.165) is 23.8 Å². The van der Waals surface area contributed by atoms with Crippen molar-refractivity contribution in [1.82, 2.24) is 4.90 Å². The van der Waals surface area contributed by atoms with Crippen LogP contribution in [0.5, 0.6) is 0 Å². The van der Waals surface area contributed by atoms with E-state index in [9.17, 15) is 4.79 Å². The fourth-order valence-electron chi connectivity index (χ4n) is 3.18. The summed E-state index contributed by atoms with van der Waals surface area (Å²) in [4.78, 5) is 15.1. The topological polar surface area (TPSA) is 20.3 Å². The van der Waals surface area contributed by atoms with Crippen LogP contribution in [0.2, 0.25) is 0 Å². The number of nitrogens with zero attached hydrogens (tertiary/aromatic N) is 1. The van der Waals surface area contributed by atoms with E-state index in [-0.39, 0.29) is 5.91 Å². The number of alkyl halides is 1. The first-order valence-electron chi connectivity index (χ1n) is 7.57. The summed E-state index contributed by atoms with van der Waals surface area (Å²) in [6, 6.07) is 14.4. The summed E-state index contributed by atoms with van der Waals surface area (Å²) < 4.78 is 0. The van der Waals surface area contributed by atoms with Crippen LogP contribution < -0.4 is 0 Å². The second-order valence-corrected chi connectivity index (χ2v) is 7.02. The largest absolute Gasteiger partial charge is 0.338 e. The van der Waals surface area contributed by atoms with E-state index < -0.39 is 0 Å². The molecule has 1 aliphatic rings. The molecule has 0 spiro atoms. The van der Waals surface area contributed by atoms with E-state index in [0.29, 0.717) is 10.9 Å². The summed E-state index contributed by atoms with van der Waals surface area (Å²) in [5.74, 6) is 0.122. The Morgan fingerprint density at radius 1 is 1.10 bits per heavy atom. The van der Waals surface area contributed by atoms with E-state index in [1.165, 1.54) is 18.2 Å². The summed E-state index contributed by atoms with van der Waals surface area (Å²) in [5, 5.41) is 2.29. The first kappa shape index (κ1) is 14.6. The van der Waals surface area contributed by atoms with E-state index in [4.69, 9.17) is 0 Å². The molecular weight excluding hydrogens is 326 g/mol. The van der Waals surface area contributed by atoms with Crippen molar-refractivity contribution in [2.75, 3.05) is 7.05 Å². The molecule has 1 saturated carbocycles. The summed E-state index contributed by atoms with van der Waals surface area (Å²) in [5.41, 5.74) is 0.779. The summed E-state index contributed by atoms with van der Waals surface area (Å²) in [6.45, 7) is 0. The van der Waals surface area contributed by atoms with Crippen molar-refractivity contribution in [2.45, 2.75) is 36.6 Å². The van der Waals surface area contributed by atoms with Gasteiger partial charge in [-0.3, -0.25) is 4.79 Å². The van der Waals surface area contributed by atoms with Crippen molar-refractivity contribution in [3.8, 4) is 0 Å². The molecule has 3 heteroatoms. The van der Waals surface area contributed by atoms with Crippen LogP contribution in [0, 0.1) is 0 Å². The highest BCUT2D eigenvalue weighted by Crippen LogP contribution is 2.29. The van der Waals surface area contributed by atoms with Gasteiger partial charge in [0.05, 0.1) is 0 Å². The molecule has 110 valence electrons. The second kappa shape index (κ2) is 6.18. The average molecular weight is 346 g/mol. The highest BCUT2D eigenvalue weighted by Gasteiger charge is 2.29. The Hall–Kier alpha value is -1.35. The monoisotopic (exact) mass is 345 g/mol. The first-order valence-corrected chi connectivity index (χ1v) is 8.48. The number of halogens is 1. The zero-order chi connectivity index (χ0) is 14.8. The maximum Gasteiger partial charge on any atom is 0.253 e. The minimum Gasteiger partial charge on any atom is -0.338 e. The normalized spacial score (nSPS) is 22.2. The van der Waals surface area contributed by atoms with Gasteiger partial charge in [0.15, 0.2) is 0 Å². The van der Waals surface area contributed by atoms with Crippen LogP contribution in [-0.2, 0) is 0 Å². The van der Waals surface area contributed by atoms with Gasteiger partial charge in [-0.15, -0.1) is 0 Å². The van der Waals surface area contributed by atoms with Gasteiger partial charge in [0.2, 0.25) is 0 Å². The van der Waals surface area contributed by atoms with Crippen LogP contribution in [-0.4, -0.2) is 28.7 Å². The molecule has 2 unspecified atom stereocenters. The Morgan fingerprint density at radius 3 is 2.57 bits per heavy atom. The van der Waals surface area contributed by atoms with Crippen molar-refractivity contribution in [1.29, 1.82) is 0 Å². The fourth-order valence-corrected chi connectivity index (χ4v) is 4.12. The third kappa shape index (κ3) is 2.98. The molecule has 0 N–H and O–H groups in total. The summed E-state index contributed by atoms with van der Waals surface area (Å²) in [6.07, 6.45) is 4.71. The van der Waals surface area contributed by atoms with E-state index in [1.807, 2.05) is 42.3 Å². The van der Waals surface area contributed by atoms with Gasteiger partial charge in [-0.1, -0.05) is 59.1 Å². The number of benzene rings is 2. The van der Waals surface area contributed by atoms with Crippen molar-refractivity contribution in [2.24, 2.45) is 0 Å². The molecular formula is C18H20BrNO. The Morgan fingerprint density at radius 2 is 1.81 bits per heavy atom. The van der Waals surface area contributed by atoms with Gasteiger partial charge in [-0.25, -0.2) is 0 Å². The van der Waals surface area contributed by atoms with Crippen molar-refractivity contribution in [3.63, 3.8) is 0 Å². The van der Waals surface area contributed by atoms with E-state index in [1.54, 1.807) is 0 Å². The molecule has 2 atom stereocenters. The van der Waals surface area contributed by atoms with Gasteiger partial charge in [-0.05, 0) is 35.7 Å². The van der Waals surface area contributed by atoms with Gasteiger partial charge in [0.1, 0.15) is 0 Å². The molecule has 0 bridgehead atoms. The minimum atomic E-state index is 0.122. The highest BCUT2D eigenvalue weighted by molar-refractivity contribution is 9.09. The highest BCUT2D eigenvalue weighted by atomic mass is 79.9. The third-order valence-corrected chi connectivity index (χ3v) is 5.53. The number of rotatable bonds is 2. The van der Waals surface area contributed by atoms with Gasteiger partial charge in [-0.2, -0.15) is 0 Å². The number of carbonyl (C=O) groups is 1. The zero-order valence-corrected chi connectivity index (χ0v) is 13.8.